The Morgan fingerprint density at radius 3 is 2.79 bits per heavy atom. The van der Waals surface area contributed by atoms with Gasteiger partial charge in [0.1, 0.15) is 5.82 Å². The molecule has 0 aliphatic heterocycles. The van der Waals surface area contributed by atoms with Crippen LogP contribution in [-0.4, -0.2) is 19.7 Å². The number of aryl methyl sites for hydroxylation is 1. The van der Waals surface area contributed by atoms with E-state index in [4.69, 9.17) is 5.73 Å². The van der Waals surface area contributed by atoms with Crippen molar-refractivity contribution in [2.24, 2.45) is 12.8 Å². The van der Waals surface area contributed by atoms with Gasteiger partial charge in [-0.1, -0.05) is 12.1 Å². The molecule has 19 heavy (non-hydrogen) atoms. The molecule has 1 atom stereocenters. The van der Waals surface area contributed by atoms with Gasteiger partial charge in [0, 0.05) is 25.7 Å². The molecule has 0 saturated carbocycles. The maximum Gasteiger partial charge on any atom is 0.111 e. The standard InChI is InChI=1S/C14H15N5/c1-19-13-5-3-2-4-12(13)18-14(19)8-11(15)10-6-7-16-17-9-10/h2-7,9,11H,8,15H2,1H3. The Hall–Kier alpha value is -2.27. The molecule has 0 radical (unpaired) electrons. The van der Waals surface area contributed by atoms with Crippen molar-refractivity contribution in [1.82, 2.24) is 19.7 Å². The van der Waals surface area contributed by atoms with Crippen molar-refractivity contribution in [3.05, 3.63) is 54.1 Å². The zero-order chi connectivity index (χ0) is 13.2. The average Bonchev–Trinajstić information content (AvgIpc) is 2.77. The Morgan fingerprint density at radius 1 is 1.21 bits per heavy atom. The minimum atomic E-state index is -0.119. The van der Waals surface area contributed by atoms with Gasteiger partial charge in [-0.05, 0) is 23.8 Å². The van der Waals surface area contributed by atoms with Gasteiger partial charge >= 0.3 is 0 Å². The van der Waals surface area contributed by atoms with Crippen LogP contribution < -0.4 is 5.73 Å². The summed E-state index contributed by atoms with van der Waals surface area (Å²) in [7, 11) is 2.02. The number of benzene rings is 1. The Labute approximate surface area is 111 Å². The molecule has 2 N–H and O–H groups in total. The van der Waals surface area contributed by atoms with Gasteiger partial charge in [0.15, 0.2) is 0 Å². The van der Waals surface area contributed by atoms with Gasteiger partial charge in [-0.15, -0.1) is 0 Å². The lowest BCUT2D eigenvalue weighted by Crippen LogP contribution is -2.16. The average molecular weight is 253 g/mol. The number of hydrogen-bond donors (Lipinski definition) is 1. The zero-order valence-corrected chi connectivity index (χ0v) is 10.7. The van der Waals surface area contributed by atoms with Crippen LogP contribution in [-0.2, 0) is 13.5 Å². The van der Waals surface area contributed by atoms with E-state index in [0.29, 0.717) is 6.42 Å². The number of nitrogens with zero attached hydrogens (tertiary/aromatic N) is 4. The van der Waals surface area contributed by atoms with Gasteiger partial charge in [0.05, 0.1) is 17.2 Å². The number of fused-ring (bicyclic) bond motifs is 1. The third kappa shape index (κ3) is 2.20. The molecule has 0 fully saturated rings. The first-order chi connectivity index (χ1) is 9.25. The number of nitrogens with two attached hydrogens (primary N) is 1. The minimum absolute atomic E-state index is 0.119. The molecule has 0 saturated heterocycles. The molecule has 1 unspecified atom stereocenters. The molecule has 3 aromatic rings. The van der Waals surface area contributed by atoms with Crippen LogP contribution in [0.5, 0.6) is 0 Å². The van der Waals surface area contributed by atoms with Crippen LogP contribution >= 0.6 is 0 Å². The smallest absolute Gasteiger partial charge is 0.111 e. The van der Waals surface area contributed by atoms with Crippen molar-refractivity contribution in [2.75, 3.05) is 0 Å². The van der Waals surface area contributed by atoms with E-state index in [1.807, 2.05) is 31.3 Å². The van der Waals surface area contributed by atoms with Gasteiger partial charge in [-0.2, -0.15) is 10.2 Å². The summed E-state index contributed by atoms with van der Waals surface area (Å²) >= 11 is 0. The first kappa shape index (κ1) is 11.8. The fraction of sp³-hybridized carbons (Fsp3) is 0.214. The van der Waals surface area contributed by atoms with E-state index < -0.39 is 0 Å². The molecule has 0 spiro atoms. The number of aromatic nitrogens is 4. The Bertz CT molecular complexity index is 689. The minimum Gasteiger partial charge on any atom is -0.331 e. The largest absolute Gasteiger partial charge is 0.331 e. The number of hydrogen-bond acceptors (Lipinski definition) is 4. The molecule has 0 bridgehead atoms. The Kier molecular flexibility index (Phi) is 2.97. The van der Waals surface area contributed by atoms with Gasteiger partial charge in [0.2, 0.25) is 0 Å². The summed E-state index contributed by atoms with van der Waals surface area (Å²) in [4.78, 5) is 4.62. The summed E-state index contributed by atoms with van der Waals surface area (Å²) in [5.74, 6) is 0.977. The van der Waals surface area contributed by atoms with Crippen LogP contribution in [0.4, 0.5) is 0 Å². The predicted molar refractivity (Wildman–Crippen MR) is 73.4 cm³/mol. The summed E-state index contributed by atoms with van der Waals surface area (Å²) in [5.41, 5.74) is 9.29. The highest BCUT2D eigenvalue weighted by molar-refractivity contribution is 5.75. The molecular weight excluding hydrogens is 238 g/mol. The maximum atomic E-state index is 6.20. The topological polar surface area (TPSA) is 69.6 Å². The first-order valence-electron chi connectivity index (χ1n) is 6.18. The normalized spacial score (nSPS) is 12.7. The lowest BCUT2D eigenvalue weighted by Gasteiger charge is -2.10. The summed E-state index contributed by atoms with van der Waals surface area (Å²) in [6.45, 7) is 0. The van der Waals surface area contributed by atoms with Gasteiger partial charge in [0.25, 0.3) is 0 Å². The SMILES string of the molecule is Cn1c(CC(N)c2ccnnc2)nc2ccccc21. The second-order valence-corrected chi connectivity index (χ2v) is 4.56. The highest BCUT2D eigenvalue weighted by atomic mass is 15.1. The van der Waals surface area contributed by atoms with E-state index in [-0.39, 0.29) is 6.04 Å². The van der Waals surface area contributed by atoms with Crippen LogP contribution in [0.25, 0.3) is 11.0 Å². The molecule has 5 nitrogen and oxygen atoms in total. The summed E-state index contributed by atoms with van der Waals surface area (Å²) in [6.07, 6.45) is 4.04. The zero-order valence-electron chi connectivity index (χ0n) is 10.7. The number of rotatable bonds is 3. The maximum absolute atomic E-state index is 6.20. The molecule has 0 amide bonds. The van der Waals surface area contributed by atoms with E-state index in [1.165, 1.54) is 0 Å². The van der Waals surface area contributed by atoms with E-state index in [9.17, 15) is 0 Å². The molecule has 2 aromatic heterocycles. The fourth-order valence-corrected chi connectivity index (χ4v) is 2.21. The van der Waals surface area contributed by atoms with Gasteiger partial charge in [-0.25, -0.2) is 4.98 Å². The highest BCUT2D eigenvalue weighted by Gasteiger charge is 2.13. The summed E-state index contributed by atoms with van der Waals surface area (Å²) in [6, 6.07) is 9.85. The van der Waals surface area contributed by atoms with Crippen LogP contribution in [0.2, 0.25) is 0 Å². The van der Waals surface area contributed by atoms with E-state index in [1.54, 1.807) is 12.4 Å². The molecule has 0 aliphatic carbocycles. The molecule has 3 rings (SSSR count). The number of para-hydroxylation sites is 2. The first-order valence-corrected chi connectivity index (χ1v) is 6.18. The second kappa shape index (κ2) is 4.78. The molecular formula is C14H15N5. The van der Waals surface area contributed by atoms with Crippen molar-refractivity contribution in [3.63, 3.8) is 0 Å². The van der Waals surface area contributed by atoms with E-state index in [2.05, 4.69) is 25.8 Å². The molecule has 96 valence electrons. The highest BCUT2D eigenvalue weighted by Crippen LogP contribution is 2.18. The van der Waals surface area contributed by atoms with Crippen molar-refractivity contribution in [2.45, 2.75) is 12.5 Å². The lowest BCUT2D eigenvalue weighted by atomic mass is 10.1. The molecule has 5 heteroatoms. The Morgan fingerprint density at radius 2 is 2.05 bits per heavy atom. The van der Waals surface area contributed by atoms with Crippen LogP contribution in [0.3, 0.4) is 0 Å². The predicted octanol–water partition coefficient (Wildman–Crippen LogP) is 1.61. The fourth-order valence-electron chi connectivity index (χ4n) is 2.21. The second-order valence-electron chi connectivity index (χ2n) is 4.56. The Balaban J connectivity index is 1.91. The van der Waals surface area contributed by atoms with Gasteiger partial charge < -0.3 is 10.3 Å². The summed E-state index contributed by atoms with van der Waals surface area (Å²) in [5, 5.41) is 7.62. The molecule has 1 aromatic carbocycles. The third-order valence-electron chi connectivity index (χ3n) is 3.32. The quantitative estimate of drug-likeness (QED) is 0.769. The number of imidazole rings is 1. The van der Waals surface area contributed by atoms with Crippen LogP contribution in [0, 0.1) is 0 Å². The van der Waals surface area contributed by atoms with E-state index in [0.717, 1.165) is 22.4 Å². The third-order valence-corrected chi connectivity index (χ3v) is 3.32. The van der Waals surface area contributed by atoms with E-state index >= 15 is 0 Å². The monoisotopic (exact) mass is 253 g/mol. The van der Waals surface area contributed by atoms with Crippen molar-refractivity contribution >= 4 is 11.0 Å². The van der Waals surface area contributed by atoms with Crippen molar-refractivity contribution in [3.8, 4) is 0 Å². The molecule has 2 heterocycles. The lowest BCUT2D eigenvalue weighted by molar-refractivity contribution is 0.660. The van der Waals surface area contributed by atoms with Crippen molar-refractivity contribution in [1.29, 1.82) is 0 Å². The van der Waals surface area contributed by atoms with Crippen molar-refractivity contribution < 1.29 is 0 Å². The van der Waals surface area contributed by atoms with Crippen LogP contribution in [0.1, 0.15) is 17.4 Å². The summed E-state index contributed by atoms with van der Waals surface area (Å²) < 4.78 is 2.09. The molecule has 0 aliphatic rings. The van der Waals surface area contributed by atoms with Crippen LogP contribution in [0.15, 0.2) is 42.7 Å². The van der Waals surface area contributed by atoms with Gasteiger partial charge in [-0.3, -0.25) is 0 Å².